The van der Waals surface area contributed by atoms with Gasteiger partial charge in [0.15, 0.2) is 17.5 Å². The third kappa shape index (κ3) is 2.69. The smallest absolute Gasteiger partial charge is 0.255 e. The fourth-order valence-electron chi connectivity index (χ4n) is 2.05. The molecule has 0 atom stereocenters. The number of carbonyl (C=O) groups excluding carboxylic acids is 1. The Morgan fingerprint density at radius 2 is 1.74 bits per heavy atom. The van der Waals surface area contributed by atoms with E-state index >= 15 is 0 Å². The van der Waals surface area contributed by atoms with Crippen LogP contribution in [0.1, 0.15) is 10.4 Å². The lowest BCUT2D eigenvalue weighted by Gasteiger charge is -2.34. The zero-order chi connectivity index (χ0) is 14.2. The molecule has 0 N–H and O–H groups in total. The van der Waals surface area contributed by atoms with Crippen molar-refractivity contribution in [3.05, 3.63) is 29.1 Å². The number of likely N-dealkylation sites (N-methyl/N-ethyl adjacent to an activating group) is 1. The third-order valence-corrected chi connectivity index (χ3v) is 3.37. The summed E-state index contributed by atoms with van der Waals surface area (Å²) in [5, 5.41) is -1.22. The van der Waals surface area contributed by atoms with E-state index < -0.39 is 33.9 Å². The van der Waals surface area contributed by atoms with E-state index in [1.54, 1.807) is 0 Å². The van der Waals surface area contributed by atoms with Crippen LogP contribution in [0, 0.1) is 17.5 Å². The van der Waals surface area contributed by atoms with Crippen molar-refractivity contribution in [2.24, 2.45) is 0 Å². The van der Waals surface area contributed by atoms with E-state index in [9.17, 15) is 18.0 Å². The number of rotatable bonds is 2. The monoisotopic (exact) mass is 292 g/mol. The van der Waals surface area contributed by atoms with Crippen molar-refractivity contribution < 1.29 is 18.0 Å². The number of carbonyl (C=O) groups is 1. The molecular weight excluding hydrogens is 281 g/mol. The zero-order valence-electron chi connectivity index (χ0n) is 10.2. The Bertz CT molecular complexity index is 516. The number of hydrogen-bond acceptors (Lipinski definition) is 3. The lowest BCUT2D eigenvalue weighted by molar-refractivity contribution is 0.107. The second kappa shape index (κ2) is 5.38. The molecule has 0 spiro atoms. The summed E-state index contributed by atoms with van der Waals surface area (Å²) in [4.78, 5) is 14.3. The van der Waals surface area contributed by atoms with Gasteiger partial charge in [-0.15, -0.1) is 0 Å². The molecule has 0 radical (unpaired) electrons. The lowest BCUT2D eigenvalue weighted by atomic mass is 10.1. The predicted molar refractivity (Wildman–Crippen MR) is 66.2 cm³/mol. The maximum atomic E-state index is 13.9. The minimum absolute atomic E-state index is 0.387. The Morgan fingerprint density at radius 1 is 1.16 bits per heavy atom. The van der Waals surface area contributed by atoms with E-state index in [2.05, 4.69) is 0 Å². The molecule has 1 saturated heterocycles. The van der Waals surface area contributed by atoms with Crippen LogP contribution in [0.5, 0.6) is 0 Å². The molecule has 1 aromatic carbocycles. The zero-order valence-corrected chi connectivity index (χ0v) is 11.0. The first-order valence-corrected chi connectivity index (χ1v) is 6.10. The van der Waals surface area contributed by atoms with Gasteiger partial charge in [0.05, 0.1) is 5.56 Å². The Morgan fingerprint density at radius 3 is 2.26 bits per heavy atom. The second-order valence-electron chi connectivity index (χ2n) is 4.45. The maximum absolute atomic E-state index is 13.9. The molecule has 1 aliphatic rings. The van der Waals surface area contributed by atoms with Crippen LogP contribution in [0.15, 0.2) is 6.07 Å². The van der Waals surface area contributed by atoms with Crippen LogP contribution in [0.3, 0.4) is 0 Å². The molecule has 0 amide bonds. The fraction of sp³-hybridized carbons (Fsp3) is 0.417. The predicted octanol–water partition coefficient (Wildman–Crippen LogP) is 2.23. The van der Waals surface area contributed by atoms with Crippen molar-refractivity contribution in [2.75, 3.05) is 38.1 Å². The van der Waals surface area contributed by atoms with Gasteiger partial charge in [-0.2, -0.15) is 0 Å². The summed E-state index contributed by atoms with van der Waals surface area (Å²) in [5.74, 6) is -3.75. The van der Waals surface area contributed by atoms with E-state index in [-0.39, 0.29) is 0 Å². The molecular formula is C12H12ClF3N2O. The second-order valence-corrected chi connectivity index (χ2v) is 4.79. The van der Waals surface area contributed by atoms with Gasteiger partial charge in [-0.3, -0.25) is 4.79 Å². The largest absolute Gasteiger partial charge is 0.364 e. The van der Waals surface area contributed by atoms with Gasteiger partial charge in [0, 0.05) is 26.2 Å². The molecule has 1 aromatic rings. The van der Waals surface area contributed by atoms with Crippen molar-refractivity contribution >= 4 is 22.5 Å². The van der Waals surface area contributed by atoms with E-state index in [1.165, 1.54) is 4.90 Å². The van der Waals surface area contributed by atoms with Crippen molar-refractivity contribution in [2.45, 2.75) is 0 Å². The summed E-state index contributed by atoms with van der Waals surface area (Å²) in [6, 6.07) is 0.640. The average molecular weight is 293 g/mol. The molecule has 0 unspecified atom stereocenters. The van der Waals surface area contributed by atoms with E-state index in [0.717, 1.165) is 0 Å². The van der Waals surface area contributed by atoms with Crippen LogP contribution < -0.4 is 4.90 Å². The van der Waals surface area contributed by atoms with Crippen LogP contribution in [0.2, 0.25) is 0 Å². The standard InChI is InChI=1S/C12H12ClF3N2O/c1-17-2-4-18(5-3-17)11-8(14)6-7(12(13)19)9(15)10(11)16/h6H,2-5H2,1H3. The number of piperazine rings is 1. The van der Waals surface area contributed by atoms with Crippen LogP contribution in [-0.4, -0.2) is 43.4 Å². The Hall–Kier alpha value is -1.27. The highest BCUT2D eigenvalue weighted by Crippen LogP contribution is 2.29. The molecule has 0 aliphatic carbocycles. The van der Waals surface area contributed by atoms with E-state index in [4.69, 9.17) is 11.6 Å². The van der Waals surface area contributed by atoms with Crippen molar-refractivity contribution in [3.63, 3.8) is 0 Å². The molecule has 2 rings (SSSR count). The van der Waals surface area contributed by atoms with Gasteiger partial charge in [0.25, 0.3) is 5.24 Å². The molecule has 1 aliphatic heterocycles. The van der Waals surface area contributed by atoms with Crippen LogP contribution in [-0.2, 0) is 0 Å². The highest BCUT2D eigenvalue weighted by Gasteiger charge is 2.27. The van der Waals surface area contributed by atoms with Crippen molar-refractivity contribution in [3.8, 4) is 0 Å². The van der Waals surface area contributed by atoms with Gasteiger partial charge in [0.1, 0.15) is 5.69 Å². The summed E-state index contributed by atoms with van der Waals surface area (Å²) < 4.78 is 41.4. The molecule has 7 heteroatoms. The van der Waals surface area contributed by atoms with Gasteiger partial charge >= 0.3 is 0 Å². The quantitative estimate of drug-likeness (QED) is 0.617. The number of nitrogens with zero attached hydrogens (tertiary/aromatic N) is 2. The topological polar surface area (TPSA) is 23.6 Å². The molecule has 0 saturated carbocycles. The van der Waals surface area contributed by atoms with Crippen LogP contribution in [0.25, 0.3) is 0 Å². The SMILES string of the molecule is CN1CCN(c2c(F)cc(C(=O)Cl)c(F)c2F)CC1. The van der Waals surface area contributed by atoms with Crippen LogP contribution in [0.4, 0.5) is 18.9 Å². The fourth-order valence-corrected chi connectivity index (χ4v) is 2.19. The number of halogens is 4. The molecule has 0 aromatic heterocycles. The summed E-state index contributed by atoms with van der Waals surface area (Å²) in [6.07, 6.45) is 0. The summed E-state index contributed by atoms with van der Waals surface area (Å²) >= 11 is 5.08. The number of hydrogen-bond donors (Lipinski definition) is 0. The summed E-state index contributed by atoms with van der Waals surface area (Å²) in [7, 11) is 1.89. The Kier molecular flexibility index (Phi) is 4.01. The van der Waals surface area contributed by atoms with Gasteiger partial charge < -0.3 is 9.80 Å². The number of anilines is 1. The first-order valence-electron chi connectivity index (χ1n) is 5.72. The summed E-state index contributed by atoms with van der Waals surface area (Å²) in [5.41, 5.74) is -1.22. The van der Waals surface area contributed by atoms with E-state index in [0.29, 0.717) is 32.2 Å². The minimum atomic E-state index is -1.41. The number of benzene rings is 1. The van der Waals surface area contributed by atoms with Gasteiger partial charge in [-0.25, -0.2) is 13.2 Å². The average Bonchev–Trinajstić information content (AvgIpc) is 2.36. The highest BCUT2D eigenvalue weighted by atomic mass is 35.5. The van der Waals surface area contributed by atoms with Crippen molar-refractivity contribution in [1.29, 1.82) is 0 Å². The Balaban J connectivity index is 2.41. The molecule has 3 nitrogen and oxygen atoms in total. The van der Waals surface area contributed by atoms with Crippen LogP contribution >= 0.6 is 11.6 Å². The van der Waals surface area contributed by atoms with Crippen molar-refractivity contribution in [1.82, 2.24) is 4.90 Å². The van der Waals surface area contributed by atoms with Gasteiger partial charge in [-0.1, -0.05) is 0 Å². The van der Waals surface area contributed by atoms with Gasteiger partial charge in [0.2, 0.25) is 0 Å². The lowest BCUT2D eigenvalue weighted by Crippen LogP contribution is -2.45. The summed E-state index contributed by atoms with van der Waals surface area (Å²) in [6.45, 7) is 2.02. The van der Waals surface area contributed by atoms with Gasteiger partial charge in [-0.05, 0) is 24.7 Å². The molecule has 1 fully saturated rings. The minimum Gasteiger partial charge on any atom is -0.364 e. The molecule has 104 valence electrons. The molecule has 1 heterocycles. The normalized spacial score (nSPS) is 16.8. The van der Waals surface area contributed by atoms with E-state index in [1.807, 2.05) is 11.9 Å². The first kappa shape index (κ1) is 14.1. The molecule has 19 heavy (non-hydrogen) atoms. The highest BCUT2D eigenvalue weighted by molar-refractivity contribution is 6.67. The third-order valence-electron chi connectivity index (χ3n) is 3.17. The maximum Gasteiger partial charge on any atom is 0.255 e. The first-order chi connectivity index (χ1) is 8.91. The Labute approximate surface area is 113 Å². The molecule has 0 bridgehead atoms.